The Labute approximate surface area is 179 Å². The first kappa shape index (κ1) is 23.0. The zero-order valence-corrected chi connectivity index (χ0v) is 18.6. The Morgan fingerprint density at radius 2 is 2.00 bits per heavy atom. The van der Waals surface area contributed by atoms with Crippen molar-refractivity contribution in [1.82, 2.24) is 14.9 Å². The van der Waals surface area contributed by atoms with Crippen molar-refractivity contribution in [3.8, 4) is 0 Å². The van der Waals surface area contributed by atoms with Crippen molar-refractivity contribution >= 4 is 16.0 Å². The Morgan fingerprint density at radius 1 is 1.27 bits per heavy atom. The van der Waals surface area contributed by atoms with E-state index in [4.69, 9.17) is 4.74 Å². The van der Waals surface area contributed by atoms with E-state index < -0.39 is 10.0 Å². The first-order valence-corrected chi connectivity index (χ1v) is 12.4. The summed E-state index contributed by atoms with van der Waals surface area (Å²) in [5.41, 5.74) is 0.909. The van der Waals surface area contributed by atoms with Gasteiger partial charge in [0.25, 0.3) is 0 Å². The number of nitrogens with zero attached hydrogens (tertiary/aromatic N) is 2. The monoisotopic (exact) mass is 440 g/mol. The molecule has 0 aromatic heterocycles. The van der Waals surface area contributed by atoms with Crippen LogP contribution in [-0.2, 0) is 14.8 Å². The molecule has 2 N–H and O–H groups in total. The van der Waals surface area contributed by atoms with Crippen LogP contribution < -0.4 is 10.0 Å². The van der Waals surface area contributed by atoms with Gasteiger partial charge in [-0.25, -0.2) is 17.5 Å². The third-order valence-electron chi connectivity index (χ3n) is 5.57. The van der Waals surface area contributed by atoms with Gasteiger partial charge in [-0.1, -0.05) is 18.6 Å². The predicted octanol–water partition coefficient (Wildman–Crippen LogP) is 2.27. The van der Waals surface area contributed by atoms with Gasteiger partial charge >= 0.3 is 0 Å². The maximum absolute atomic E-state index is 13.3. The van der Waals surface area contributed by atoms with Gasteiger partial charge in [-0.15, -0.1) is 0 Å². The molecule has 30 heavy (non-hydrogen) atoms. The van der Waals surface area contributed by atoms with Crippen molar-refractivity contribution in [3.05, 3.63) is 35.6 Å². The summed E-state index contributed by atoms with van der Waals surface area (Å²) in [4.78, 5) is 6.64. The van der Waals surface area contributed by atoms with Gasteiger partial charge in [0.15, 0.2) is 5.96 Å². The third-order valence-corrected chi connectivity index (χ3v) is 6.90. The van der Waals surface area contributed by atoms with E-state index in [0.717, 1.165) is 18.4 Å². The summed E-state index contributed by atoms with van der Waals surface area (Å²) in [6, 6.07) is 6.34. The van der Waals surface area contributed by atoms with Gasteiger partial charge in [-0.2, -0.15) is 0 Å². The third kappa shape index (κ3) is 6.65. The molecule has 1 aromatic rings. The van der Waals surface area contributed by atoms with E-state index in [9.17, 15) is 12.8 Å². The fourth-order valence-electron chi connectivity index (χ4n) is 3.70. The smallest absolute Gasteiger partial charge is 0.213 e. The largest absolute Gasteiger partial charge is 0.367 e. The van der Waals surface area contributed by atoms with E-state index in [-0.39, 0.29) is 30.3 Å². The molecule has 2 aliphatic rings. The van der Waals surface area contributed by atoms with Gasteiger partial charge in [0.05, 0.1) is 24.9 Å². The number of rotatable bonds is 8. The molecule has 7 nitrogen and oxygen atoms in total. The van der Waals surface area contributed by atoms with Crippen molar-refractivity contribution in [1.29, 1.82) is 0 Å². The van der Waals surface area contributed by atoms with Crippen LogP contribution >= 0.6 is 0 Å². The lowest BCUT2D eigenvalue weighted by Gasteiger charge is -2.38. The summed E-state index contributed by atoms with van der Waals surface area (Å²) >= 11 is 0. The molecule has 2 fully saturated rings. The highest BCUT2D eigenvalue weighted by molar-refractivity contribution is 7.89. The molecule has 2 atom stereocenters. The number of sulfonamides is 1. The molecule has 1 aliphatic heterocycles. The Morgan fingerprint density at radius 3 is 2.63 bits per heavy atom. The number of ether oxygens (including phenoxy) is 1. The molecule has 0 radical (unpaired) electrons. The maximum atomic E-state index is 13.3. The van der Waals surface area contributed by atoms with Crippen LogP contribution in [0.3, 0.4) is 0 Å². The first-order chi connectivity index (χ1) is 14.4. The molecule has 1 heterocycles. The Kier molecular flexibility index (Phi) is 8.07. The zero-order valence-electron chi connectivity index (χ0n) is 17.8. The molecule has 2 unspecified atom stereocenters. The van der Waals surface area contributed by atoms with Crippen molar-refractivity contribution in [3.63, 3.8) is 0 Å². The lowest BCUT2D eigenvalue weighted by Crippen LogP contribution is -2.51. The van der Waals surface area contributed by atoms with E-state index in [1.54, 1.807) is 12.1 Å². The predicted molar refractivity (Wildman–Crippen MR) is 116 cm³/mol. The van der Waals surface area contributed by atoms with Gasteiger partial charge in [0.2, 0.25) is 10.0 Å². The van der Waals surface area contributed by atoms with E-state index in [1.165, 1.54) is 18.6 Å². The minimum absolute atomic E-state index is 0.0318. The fourth-order valence-corrected chi connectivity index (χ4v) is 4.66. The quantitative estimate of drug-likeness (QED) is 0.479. The fraction of sp³-hybridized carbons (Fsp3) is 0.667. The maximum Gasteiger partial charge on any atom is 0.213 e. The van der Waals surface area contributed by atoms with E-state index in [0.29, 0.717) is 38.1 Å². The number of halogens is 1. The Hall–Kier alpha value is -1.71. The van der Waals surface area contributed by atoms with Crippen LogP contribution in [0, 0.1) is 11.7 Å². The van der Waals surface area contributed by atoms with Crippen LogP contribution in [0.15, 0.2) is 29.3 Å². The van der Waals surface area contributed by atoms with Crippen LogP contribution in [-0.4, -0.2) is 63.9 Å². The van der Waals surface area contributed by atoms with E-state index in [2.05, 4.69) is 19.9 Å². The normalized spacial score (nSPS) is 23.3. The number of morpholine rings is 1. The van der Waals surface area contributed by atoms with Gasteiger partial charge < -0.3 is 15.0 Å². The molecular weight excluding hydrogens is 407 g/mol. The Balaban J connectivity index is 1.60. The standard InChI is InChI=1S/C21H33FN4O3S/c1-3-23-21(24-11-12-30(27,28)25-13-17-5-4-6-17)26-14-16(2)29-20(15-26)18-7-9-19(22)10-8-18/h7-10,16-17,20,25H,3-6,11-15H2,1-2H3,(H,23,24). The molecule has 1 saturated carbocycles. The van der Waals surface area contributed by atoms with Crippen LogP contribution in [0.2, 0.25) is 0 Å². The van der Waals surface area contributed by atoms with Crippen molar-refractivity contribution < 1.29 is 17.5 Å². The molecule has 168 valence electrons. The highest BCUT2D eigenvalue weighted by Gasteiger charge is 2.28. The summed E-state index contributed by atoms with van der Waals surface area (Å²) in [6.45, 7) is 6.58. The number of benzene rings is 1. The Bertz CT molecular complexity index is 812. The van der Waals surface area contributed by atoms with Crippen LogP contribution in [0.1, 0.15) is 44.8 Å². The highest BCUT2D eigenvalue weighted by atomic mass is 32.2. The van der Waals surface area contributed by atoms with Gasteiger partial charge in [0.1, 0.15) is 11.9 Å². The number of nitrogens with one attached hydrogen (secondary N) is 2. The number of guanidine groups is 1. The molecule has 9 heteroatoms. The molecule has 3 rings (SSSR count). The number of hydrogen-bond donors (Lipinski definition) is 2. The molecule has 0 bridgehead atoms. The topological polar surface area (TPSA) is 83.0 Å². The minimum atomic E-state index is -3.33. The lowest BCUT2D eigenvalue weighted by atomic mass is 9.86. The minimum Gasteiger partial charge on any atom is -0.367 e. The average molecular weight is 441 g/mol. The molecule has 1 aromatic carbocycles. The van der Waals surface area contributed by atoms with Crippen molar-refractivity contribution in [2.45, 2.75) is 45.3 Å². The van der Waals surface area contributed by atoms with E-state index in [1.807, 2.05) is 13.8 Å². The van der Waals surface area contributed by atoms with E-state index >= 15 is 0 Å². The number of hydrogen-bond acceptors (Lipinski definition) is 4. The van der Waals surface area contributed by atoms with Gasteiger partial charge in [0, 0.05) is 19.6 Å². The first-order valence-electron chi connectivity index (χ1n) is 10.8. The molecule has 1 aliphatic carbocycles. The lowest BCUT2D eigenvalue weighted by molar-refractivity contribution is -0.0605. The number of aliphatic imine (C=N–C) groups is 1. The van der Waals surface area contributed by atoms with Gasteiger partial charge in [-0.05, 0) is 50.3 Å². The van der Waals surface area contributed by atoms with Crippen molar-refractivity contribution in [2.75, 3.05) is 38.5 Å². The van der Waals surface area contributed by atoms with Crippen LogP contribution in [0.25, 0.3) is 0 Å². The summed E-state index contributed by atoms with van der Waals surface area (Å²) < 4.78 is 46.5. The second-order valence-corrected chi connectivity index (χ2v) is 10.0. The summed E-state index contributed by atoms with van der Waals surface area (Å²) in [7, 11) is -3.33. The molecule has 1 saturated heterocycles. The second kappa shape index (κ2) is 10.5. The van der Waals surface area contributed by atoms with Gasteiger partial charge in [-0.3, -0.25) is 4.99 Å². The highest BCUT2D eigenvalue weighted by Crippen LogP contribution is 2.26. The second-order valence-electron chi connectivity index (χ2n) is 8.09. The van der Waals surface area contributed by atoms with Crippen LogP contribution in [0.5, 0.6) is 0 Å². The van der Waals surface area contributed by atoms with Crippen LogP contribution in [0.4, 0.5) is 4.39 Å². The summed E-state index contributed by atoms with van der Waals surface area (Å²) in [5, 5.41) is 3.25. The summed E-state index contributed by atoms with van der Waals surface area (Å²) in [5.74, 6) is 0.852. The SMILES string of the molecule is CCNC(=NCCS(=O)(=O)NCC1CCC1)N1CC(C)OC(c2ccc(F)cc2)C1. The zero-order chi connectivity index (χ0) is 21.6. The average Bonchev–Trinajstić information content (AvgIpc) is 2.66. The molecule has 0 spiro atoms. The summed E-state index contributed by atoms with van der Waals surface area (Å²) in [6.07, 6.45) is 3.17. The van der Waals surface area contributed by atoms with Crippen molar-refractivity contribution in [2.24, 2.45) is 10.9 Å². The molecule has 0 amide bonds. The molecular formula is C21H33FN4O3S.